The van der Waals surface area contributed by atoms with E-state index in [0.29, 0.717) is 5.69 Å². The molecule has 0 radical (unpaired) electrons. The quantitative estimate of drug-likeness (QED) is 0.627. The monoisotopic (exact) mass is 155 g/mol. The molecule has 0 aliphatic rings. The van der Waals surface area contributed by atoms with E-state index in [0.717, 1.165) is 5.56 Å². The number of nitrogen functional groups attached to an aromatic ring is 1. The highest BCUT2D eigenvalue weighted by Gasteiger charge is 2.03. The molecule has 2 nitrogen and oxygen atoms in total. The minimum atomic E-state index is -0.376. The summed E-state index contributed by atoms with van der Waals surface area (Å²) in [6, 6.07) is 2.83. The van der Waals surface area contributed by atoms with Crippen molar-refractivity contribution >= 4 is 5.69 Å². The SMILES string of the molecule is COc1cc(N)c(C)cc1F. The van der Waals surface area contributed by atoms with Crippen LogP contribution in [0.15, 0.2) is 12.1 Å². The average Bonchev–Trinajstić information content (AvgIpc) is 1.97. The number of aryl methyl sites for hydroxylation is 1. The number of ether oxygens (including phenoxy) is 1. The lowest BCUT2D eigenvalue weighted by Gasteiger charge is -2.04. The molecule has 60 valence electrons. The molecule has 1 aromatic rings. The van der Waals surface area contributed by atoms with E-state index >= 15 is 0 Å². The van der Waals surface area contributed by atoms with Crippen molar-refractivity contribution < 1.29 is 9.13 Å². The molecule has 2 N–H and O–H groups in total. The van der Waals surface area contributed by atoms with Gasteiger partial charge in [0.15, 0.2) is 11.6 Å². The molecule has 0 amide bonds. The fourth-order valence-electron chi connectivity index (χ4n) is 0.825. The number of hydrogen-bond donors (Lipinski definition) is 1. The highest BCUT2D eigenvalue weighted by Crippen LogP contribution is 2.22. The molecule has 11 heavy (non-hydrogen) atoms. The van der Waals surface area contributed by atoms with E-state index < -0.39 is 0 Å². The van der Waals surface area contributed by atoms with E-state index in [2.05, 4.69) is 0 Å². The first-order chi connectivity index (χ1) is 5.15. The molecule has 0 heterocycles. The van der Waals surface area contributed by atoms with Crippen LogP contribution in [0.5, 0.6) is 5.75 Å². The molecular weight excluding hydrogens is 145 g/mol. The molecular formula is C8H10FNO. The number of hydrogen-bond acceptors (Lipinski definition) is 2. The molecule has 0 fully saturated rings. The first-order valence-electron chi connectivity index (χ1n) is 3.24. The van der Waals surface area contributed by atoms with Crippen molar-refractivity contribution in [1.82, 2.24) is 0 Å². The van der Waals surface area contributed by atoms with Gasteiger partial charge in [0.25, 0.3) is 0 Å². The van der Waals surface area contributed by atoms with Gasteiger partial charge in [0.05, 0.1) is 7.11 Å². The van der Waals surface area contributed by atoms with Gasteiger partial charge in [0.1, 0.15) is 0 Å². The summed E-state index contributed by atoms with van der Waals surface area (Å²) in [5.41, 5.74) is 6.79. The molecule has 3 heteroatoms. The Morgan fingerprint density at radius 2 is 2.09 bits per heavy atom. The zero-order valence-electron chi connectivity index (χ0n) is 6.52. The van der Waals surface area contributed by atoms with Crippen molar-refractivity contribution in [2.45, 2.75) is 6.92 Å². The second-order valence-corrected chi connectivity index (χ2v) is 2.34. The zero-order valence-corrected chi connectivity index (χ0v) is 6.52. The van der Waals surface area contributed by atoms with Gasteiger partial charge in [-0.25, -0.2) is 4.39 Å². The fraction of sp³-hybridized carbons (Fsp3) is 0.250. The van der Waals surface area contributed by atoms with Gasteiger partial charge in [-0.3, -0.25) is 0 Å². The Bertz CT molecular complexity index is 273. The molecule has 0 saturated carbocycles. The van der Waals surface area contributed by atoms with Crippen LogP contribution in [0.4, 0.5) is 10.1 Å². The van der Waals surface area contributed by atoms with Crippen LogP contribution in [0, 0.1) is 12.7 Å². The second kappa shape index (κ2) is 2.78. The Balaban J connectivity index is 3.21. The lowest BCUT2D eigenvalue weighted by molar-refractivity contribution is 0.386. The molecule has 0 aliphatic carbocycles. The summed E-state index contributed by atoms with van der Waals surface area (Å²) >= 11 is 0. The number of benzene rings is 1. The Morgan fingerprint density at radius 3 is 2.64 bits per heavy atom. The predicted octanol–water partition coefficient (Wildman–Crippen LogP) is 1.72. The van der Waals surface area contributed by atoms with Gasteiger partial charge in [0, 0.05) is 11.8 Å². The van der Waals surface area contributed by atoms with Gasteiger partial charge < -0.3 is 10.5 Å². The molecule has 1 aromatic carbocycles. The standard InChI is InChI=1S/C8H10FNO/c1-5-3-6(9)8(11-2)4-7(5)10/h3-4H,10H2,1-2H3. The number of methoxy groups -OCH3 is 1. The van der Waals surface area contributed by atoms with E-state index in [9.17, 15) is 4.39 Å². The maximum Gasteiger partial charge on any atom is 0.165 e. The molecule has 0 atom stereocenters. The summed E-state index contributed by atoms with van der Waals surface area (Å²) in [6.07, 6.45) is 0. The zero-order chi connectivity index (χ0) is 8.43. The predicted molar refractivity (Wildman–Crippen MR) is 42.1 cm³/mol. The van der Waals surface area contributed by atoms with Crippen LogP contribution in [0.3, 0.4) is 0 Å². The summed E-state index contributed by atoms with van der Waals surface area (Å²) in [7, 11) is 1.41. The molecule has 1 rings (SSSR count). The largest absolute Gasteiger partial charge is 0.494 e. The minimum absolute atomic E-state index is 0.188. The third kappa shape index (κ3) is 1.42. The summed E-state index contributed by atoms with van der Waals surface area (Å²) in [4.78, 5) is 0. The summed E-state index contributed by atoms with van der Waals surface area (Å²) in [6.45, 7) is 1.75. The number of rotatable bonds is 1. The normalized spacial score (nSPS) is 9.73. The Labute approximate surface area is 64.8 Å². The lowest BCUT2D eigenvalue weighted by Crippen LogP contribution is -1.94. The summed E-state index contributed by atoms with van der Waals surface area (Å²) in [5, 5.41) is 0. The molecule has 0 spiro atoms. The van der Waals surface area contributed by atoms with Crippen LogP contribution >= 0.6 is 0 Å². The van der Waals surface area contributed by atoms with Crippen molar-refractivity contribution in [3.8, 4) is 5.75 Å². The first-order valence-corrected chi connectivity index (χ1v) is 3.24. The second-order valence-electron chi connectivity index (χ2n) is 2.34. The van der Waals surface area contributed by atoms with Crippen LogP contribution in [-0.2, 0) is 0 Å². The van der Waals surface area contributed by atoms with Gasteiger partial charge in [-0.1, -0.05) is 0 Å². The van der Waals surface area contributed by atoms with Crippen LogP contribution in [0.25, 0.3) is 0 Å². The lowest BCUT2D eigenvalue weighted by atomic mass is 10.2. The molecule has 0 unspecified atom stereocenters. The van der Waals surface area contributed by atoms with Gasteiger partial charge >= 0.3 is 0 Å². The van der Waals surface area contributed by atoms with Crippen molar-refractivity contribution in [3.05, 3.63) is 23.5 Å². The van der Waals surface area contributed by atoms with Gasteiger partial charge in [0.2, 0.25) is 0 Å². The van der Waals surface area contributed by atoms with E-state index in [4.69, 9.17) is 10.5 Å². The van der Waals surface area contributed by atoms with Gasteiger partial charge in [-0.2, -0.15) is 0 Å². The third-order valence-corrected chi connectivity index (χ3v) is 1.54. The molecule has 0 aromatic heterocycles. The van der Waals surface area contributed by atoms with E-state index in [1.165, 1.54) is 19.2 Å². The third-order valence-electron chi connectivity index (χ3n) is 1.54. The van der Waals surface area contributed by atoms with Crippen molar-refractivity contribution in [2.75, 3.05) is 12.8 Å². The van der Waals surface area contributed by atoms with E-state index in [-0.39, 0.29) is 11.6 Å². The topological polar surface area (TPSA) is 35.2 Å². The van der Waals surface area contributed by atoms with Gasteiger partial charge in [-0.05, 0) is 18.6 Å². The number of halogens is 1. The fourth-order valence-corrected chi connectivity index (χ4v) is 0.825. The maximum atomic E-state index is 12.9. The van der Waals surface area contributed by atoms with Crippen molar-refractivity contribution in [2.24, 2.45) is 0 Å². The Morgan fingerprint density at radius 1 is 1.45 bits per heavy atom. The minimum Gasteiger partial charge on any atom is -0.494 e. The van der Waals surface area contributed by atoms with Gasteiger partial charge in [-0.15, -0.1) is 0 Å². The first kappa shape index (κ1) is 7.85. The van der Waals surface area contributed by atoms with Crippen LogP contribution in [0.1, 0.15) is 5.56 Å². The Kier molecular flexibility index (Phi) is 1.98. The summed E-state index contributed by atoms with van der Waals surface area (Å²) in [5.74, 6) is -0.188. The molecule has 0 bridgehead atoms. The van der Waals surface area contributed by atoms with Crippen LogP contribution < -0.4 is 10.5 Å². The van der Waals surface area contributed by atoms with Crippen molar-refractivity contribution in [3.63, 3.8) is 0 Å². The van der Waals surface area contributed by atoms with Crippen LogP contribution in [0.2, 0.25) is 0 Å². The molecule has 0 saturated heterocycles. The number of anilines is 1. The summed E-state index contributed by atoms with van der Waals surface area (Å²) < 4.78 is 17.6. The Hall–Kier alpha value is -1.25. The highest BCUT2D eigenvalue weighted by atomic mass is 19.1. The van der Waals surface area contributed by atoms with E-state index in [1.807, 2.05) is 0 Å². The number of nitrogens with two attached hydrogens (primary N) is 1. The molecule has 0 aliphatic heterocycles. The average molecular weight is 155 g/mol. The maximum absolute atomic E-state index is 12.9. The smallest absolute Gasteiger partial charge is 0.165 e. The highest BCUT2D eigenvalue weighted by molar-refractivity contribution is 5.51. The van der Waals surface area contributed by atoms with Crippen LogP contribution in [-0.4, -0.2) is 7.11 Å². The van der Waals surface area contributed by atoms with Crippen molar-refractivity contribution in [1.29, 1.82) is 0 Å². The van der Waals surface area contributed by atoms with E-state index in [1.54, 1.807) is 6.92 Å².